The molecule has 1 fully saturated rings. The third-order valence-electron chi connectivity index (χ3n) is 3.14. The second-order valence-corrected chi connectivity index (χ2v) is 5.69. The first-order chi connectivity index (χ1) is 7.40. The zero-order chi connectivity index (χ0) is 10.5. The summed E-state index contributed by atoms with van der Waals surface area (Å²) < 4.78 is 0. The molecule has 0 spiro atoms. The first kappa shape index (κ1) is 11.6. The van der Waals surface area contributed by atoms with Crippen molar-refractivity contribution in [2.75, 3.05) is 11.9 Å². The van der Waals surface area contributed by atoms with E-state index >= 15 is 0 Å². The summed E-state index contributed by atoms with van der Waals surface area (Å²) >= 11 is 5.45. The summed E-state index contributed by atoms with van der Waals surface area (Å²) in [7, 11) is 0. The molecule has 0 aromatic carbocycles. The maximum absolute atomic E-state index is 3.65. The molecule has 1 aromatic rings. The topological polar surface area (TPSA) is 3.24 Å². The van der Waals surface area contributed by atoms with Crippen LogP contribution in [-0.2, 0) is 6.54 Å². The van der Waals surface area contributed by atoms with Crippen LogP contribution in [0.15, 0.2) is 16.8 Å². The van der Waals surface area contributed by atoms with Crippen LogP contribution in [0.1, 0.15) is 31.2 Å². The highest BCUT2D eigenvalue weighted by Crippen LogP contribution is 2.21. The van der Waals surface area contributed by atoms with E-state index in [2.05, 4.69) is 37.7 Å². The van der Waals surface area contributed by atoms with E-state index in [1.54, 1.807) is 11.3 Å². The van der Waals surface area contributed by atoms with Crippen LogP contribution in [0.2, 0.25) is 0 Å². The third kappa shape index (κ3) is 3.30. The molecule has 0 saturated carbocycles. The Bertz CT molecular complexity index is 273. The van der Waals surface area contributed by atoms with Crippen LogP contribution in [0.4, 0.5) is 0 Å². The van der Waals surface area contributed by atoms with Gasteiger partial charge in [0, 0.05) is 17.9 Å². The average Bonchev–Trinajstić information content (AvgIpc) is 2.64. The lowest BCUT2D eigenvalue weighted by molar-refractivity contribution is 0.209. The van der Waals surface area contributed by atoms with E-state index < -0.39 is 0 Å². The summed E-state index contributed by atoms with van der Waals surface area (Å²) in [5.41, 5.74) is 1.48. The number of nitrogens with zero attached hydrogens (tertiary/aromatic N) is 1. The van der Waals surface area contributed by atoms with E-state index in [0.717, 1.165) is 17.9 Å². The van der Waals surface area contributed by atoms with Gasteiger partial charge in [0.15, 0.2) is 0 Å². The Morgan fingerprint density at radius 3 is 3.07 bits per heavy atom. The normalized spacial score (nSPS) is 23.9. The van der Waals surface area contributed by atoms with Crippen molar-refractivity contribution in [3.05, 3.63) is 22.4 Å². The van der Waals surface area contributed by atoms with Gasteiger partial charge in [-0.3, -0.25) is 4.90 Å². The number of halogens is 1. The van der Waals surface area contributed by atoms with Gasteiger partial charge in [-0.1, -0.05) is 28.8 Å². The number of rotatable bonds is 3. The Labute approximate surface area is 105 Å². The van der Waals surface area contributed by atoms with Crippen LogP contribution < -0.4 is 0 Å². The summed E-state index contributed by atoms with van der Waals surface area (Å²) in [6, 6.07) is 2.99. The van der Waals surface area contributed by atoms with Crippen LogP contribution in [0, 0.1) is 0 Å². The number of likely N-dealkylation sites (tertiary alicyclic amines) is 1. The van der Waals surface area contributed by atoms with Crippen LogP contribution in [0.3, 0.4) is 0 Å². The minimum Gasteiger partial charge on any atom is -0.295 e. The molecule has 1 aliphatic rings. The highest BCUT2D eigenvalue weighted by atomic mass is 79.9. The highest BCUT2D eigenvalue weighted by Gasteiger charge is 2.19. The molecule has 0 bridgehead atoms. The lowest BCUT2D eigenvalue weighted by Gasteiger charge is -2.28. The van der Waals surface area contributed by atoms with Gasteiger partial charge in [0.1, 0.15) is 0 Å². The van der Waals surface area contributed by atoms with Crippen molar-refractivity contribution in [3.63, 3.8) is 0 Å². The van der Waals surface area contributed by atoms with Gasteiger partial charge in [-0.05, 0) is 41.8 Å². The van der Waals surface area contributed by atoms with Gasteiger partial charge in [-0.2, -0.15) is 11.3 Å². The van der Waals surface area contributed by atoms with Crippen molar-refractivity contribution in [1.82, 2.24) is 4.90 Å². The van der Waals surface area contributed by atoms with Gasteiger partial charge in [-0.25, -0.2) is 0 Å². The molecule has 84 valence electrons. The van der Waals surface area contributed by atoms with Crippen molar-refractivity contribution >= 4 is 27.3 Å². The molecule has 0 amide bonds. The summed E-state index contributed by atoms with van der Waals surface area (Å²) in [5, 5.41) is 5.57. The quantitative estimate of drug-likeness (QED) is 0.763. The minimum absolute atomic E-state index is 0.743. The van der Waals surface area contributed by atoms with Crippen LogP contribution in [0.25, 0.3) is 0 Å². The summed E-state index contributed by atoms with van der Waals surface area (Å²) in [4.78, 5) is 2.64. The second-order valence-electron chi connectivity index (χ2n) is 4.26. The largest absolute Gasteiger partial charge is 0.295 e. The molecule has 0 radical (unpaired) electrons. The molecule has 1 nitrogen and oxygen atoms in total. The molecule has 1 aliphatic heterocycles. The summed E-state index contributed by atoms with van der Waals surface area (Å²) in [5.74, 6) is 0. The SMILES string of the molecule is BrCC1CCCCCN1Cc1ccsc1. The number of hydrogen-bond donors (Lipinski definition) is 0. The predicted octanol–water partition coefficient (Wildman–Crippen LogP) is 3.89. The predicted molar refractivity (Wildman–Crippen MR) is 70.8 cm³/mol. The van der Waals surface area contributed by atoms with Gasteiger partial charge in [0.05, 0.1) is 0 Å². The maximum atomic E-state index is 3.65. The van der Waals surface area contributed by atoms with Crippen molar-refractivity contribution in [2.24, 2.45) is 0 Å². The third-order valence-corrected chi connectivity index (χ3v) is 4.62. The van der Waals surface area contributed by atoms with E-state index in [9.17, 15) is 0 Å². The molecular weight excluding hydrogens is 270 g/mol. The average molecular weight is 288 g/mol. The molecule has 2 rings (SSSR count). The number of thiophene rings is 1. The zero-order valence-corrected chi connectivity index (χ0v) is 11.4. The first-order valence-electron chi connectivity index (χ1n) is 5.71. The van der Waals surface area contributed by atoms with Crippen molar-refractivity contribution in [3.8, 4) is 0 Å². The smallest absolute Gasteiger partial charge is 0.0245 e. The number of hydrogen-bond acceptors (Lipinski definition) is 2. The highest BCUT2D eigenvalue weighted by molar-refractivity contribution is 9.09. The van der Waals surface area contributed by atoms with Gasteiger partial charge < -0.3 is 0 Å². The number of alkyl halides is 1. The van der Waals surface area contributed by atoms with Gasteiger partial charge >= 0.3 is 0 Å². The van der Waals surface area contributed by atoms with Crippen LogP contribution >= 0.6 is 27.3 Å². The van der Waals surface area contributed by atoms with Crippen molar-refractivity contribution in [2.45, 2.75) is 38.3 Å². The van der Waals surface area contributed by atoms with E-state index in [1.165, 1.54) is 37.8 Å². The summed E-state index contributed by atoms with van der Waals surface area (Å²) in [6.45, 7) is 2.41. The van der Waals surface area contributed by atoms with Crippen LogP contribution in [0.5, 0.6) is 0 Å². The Kier molecular flexibility index (Phi) is 4.66. The Morgan fingerprint density at radius 1 is 1.40 bits per heavy atom. The van der Waals surface area contributed by atoms with Gasteiger partial charge in [-0.15, -0.1) is 0 Å². The molecule has 1 saturated heterocycles. The fourth-order valence-electron chi connectivity index (χ4n) is 2.24. The molecule has 3 heteroatoms. The van der Waals surface area contributed by atoms with E-state index in [-0.39, 0.29) is 0 Å². The van der Waals surface area contributed by atoms with Gasteiger partial charge in [0.25, 0.3) is 0 Å². The molecular formula is C12H18BrNS. The Balaban J connectivity index is 1.97. The standard InChI is InChI=1S/C12H18BrNS/c13-8-12-4-2-1-3-6-14(12)9-11-5-7-15-10-11/h5,7,10,12H,1-4,6,8-9H2. The molecule has 0 aliphatic carbocycles. The molecule has 1 atom stereocenters. The Morgan fingerprint density at radius 2 is 2.33 bits per heavy atom. The molecule has 0 N–H and O–H groups in total. The second kappa shape index (κ2) is 6.02. The molecule has 2 heterocycles. The zero-order valence-electron chi connectivity index (χ0n) is 8.99. The lowest BCUT2D eigenvalue weighted by Crippen LogP contribution is -2.35. The first-order valence-corrected chi connectivity index (χ1v) is 7.77. The maximum Gasteiger partial charge on any atom is 0.0245 e. The Hall–Kier alpha value is 0.140. The van der Waals surface area contributed by atoms with Gasteiger partial charge in [0.2, 0.25) is 0 Å². The summed E-state index contributed by atoms with van der Waals surface area (Å²) in [6.07, 6.45) is 5.53. The fraction of sp³-hybridized carbons (Fsp3) is 0.667. The lowest BCUT2D eigenvalue weighted by atomic mass is 10.1. The van der Waals surface area contributed by atoms with E-state index in [4.69, 9.17) is 0 Å². The van der Waals surface area contributed by atoms with Crippen molar-refractivity contribution < 1.29 is 0 Å². The molecule has 1 unspecified atom stereocenters. The minimum atomic E-state index is 0.743. The molecule has 1 aromatic heterocycles. The van der Waals surface area contributed by atoms with Crippen molar-refractivity contribution in [1.29, 1.82) is 0 Å². The van der Waals surface area contributed by atoms with E-state index in [1.807, 2.05) is 0 Å². The monoisotopic (exact) mass is 287 g/mol. The fourth-order valence-corrected chi connectivity index (χ4v) is 3.63. The van der Waals surface area contributed by atoms with Crippen LogP contribution in [-0.4, -0.2) is 22.8 Å². The molecule has 15 heavy (non-hydrogen) atoms. The van der Waals surface area contributed by atoms with E-state index in [0.29, 0.717) is 0 Å².